The molecule has 0 aromatic heterocycles. The molecule has 3 nitrogen and oxygen atoms in total. The highest BCUT2D eigenvalue weighted by Crippen LogP contribution is 2.62. The molecule has 20 heavy (non-hydrogen) atoms. The lowest BCUT2D eigenvalue weighted by atomic mass is 10.3. The van der Waals surface area contributed by atoms with E-state index in [2.05, 4.69) is 88.0 Å². The van der Waals surface area contributed by atoms with E-state index in [0.717, 1.165) is 5.54 Å². The Kier molecular flexibility index (Phi) is 5.23. The Morgan fingerprint density at radius 2 is 1.65 bits per heavy atom. The summed E-state index contributed by atoms with van der Waals surface area (Å²) >= 11 is 0. The summed E-state index contributed by atoms with van der Waals surface area (Å²) in [6.45, 7) is 21.1. The van der Waals surface area contributed by atoms with Gasteiger partial charge < -0.3 is 13.4 Å². The van der Waals surface area contributed by atoms with E-state index in [-0.39, 0.29) is 0 Å². The largest absolute Gasteiger partial charge is 0.339 e. The first-order chi connectivity index (χ1) is 8.89. The summed E-state index contributed by atoms with van der Waals surface area (Å²) in [4.78, 5) is 0. The zero-order valence-electron chi connectivity index (χ0n) is 15.7. The summed E-state index contributed by atoms with van der Waals surface area (Å²) in [5.74, 6) is 0. The van der Waals surface area contributed by atoms with Crippen LogP contribution < -0.4 is 0 Å². The zero-order valence-corrected chi connectivity index (χ0v) is 18.9. The molecule has 1 aliphatic heterocycles. The van der Waals surface area contributed by atoms with Gasteiger partial charge in [-0.2, -0.15) is 0 Å². The van der Waals surface area contributed by atoms with Gasteiger partial charge in [-0.3, -0.25) is 0 Å². The SMILES string of the molecule is CCN(C)[Si]1(C)C(C)C1(C)N(C)[Si](C)(C)N(C)[SiH](C)C. The molecule has 0 saturated carbocycles. The van der Waals surface area contributed by atoms with Gasteiger partial charge in [0.1, 0.15) is 8.24 Å². The average molecular weight is 332 g/mol. The maximum atomic E-state index is 2.83. The van der Waals surface area contributed by atoms with Crippen molar-refractivity contribution in [1.82, 2.24) is 13.4 Å². The molecule has 0 aliphatic carbocycles. The molecule has 120 valence electrons. The average Bonchev–Trinajstić information content (AvgIpc) is 2.84. The van der Waals surface area contributed by atoms with Gasteiger partial charge in [0.15, 0.2) is 8.40 Å². The molecule has 0 amide bonds. The molecule has 1 fully saturated rings. The topological polar surface area (TPSA) is 9.72 Å². The second kappa shape index (κ2) is 5.62. The molecule has 0 N–H and O–H groups in total. The van der Waals surface area contributed by atoms with Crippen molar-refractivity contribution >= 4 is 25.6 Å². The first-order valence-corrected chi connectivity index (χ1v) is 16.3. The third-order valence-corrected chi connectivity index (χ3v) is 22.8. The van der Waals surface area contributed by atoms with Gasteiger partial charge in [-0.1, -0.05) is 33.5 Å². The summed E-state index contributed by atoms with van der Waals surface area (Å²) < 4.78 is 8.28. The third kappa shape index (κ3) is 2.32. The second-order valence-corrected chi connectivity index (χ2v) is 20.6. The van der Waals surface area contributed by atoms with Crippen LogP contribution in [0.5, 0.6) is 0 Å². The Bertz CT molecular complexity index is 364. The van der Waals surface area contributed by atoms with Gasteiger partial charge in [0.05, 0.1) is 8.96 Å². The third-order valence-electron chi connectivity index (χ3n) is 7.05. The molecule has 1 saturated heterocycles. The number of nitrogens with zero attached hydrogens (tertiary/aromatic N) is 3. The van der Waals surface area contributed by atoms with Crippen LogP contribution in [-0.2, 0) is 0 Å². The number of rotatable bonds is 6. The van der Waals surface area contributed by atoms with Crippen molar-refractivity contribution in [1.29, 1.82) is 0 Å². The molecule has 0 aromatic carbocycles. The van der Waals surface area contributed by atoms with Crippen molar-refractivity contribution in [3.05, 3.63) is 0 Å². The Hall–Kier alpha value is 0.531. The smallest absolute Gasteiger partial charge is 0.193 e. The maximum Gasteiger partial charge on any atom is 0.193 e. The van der Waals surface area contributed by atoms with Crippen molar-refractivity contribution in [2.75, 3.05) is 27.7 Å². The summed E-state index contributed by atoms with van der Waals surface area (Å²) in [5.41, 5.74) is 0.860. The van der Waals surface area contributed by atoms with E-state index in [4.69, 9.17) is 0 Å². The Morgan fingerprint density at radius 1 is 1.20 bits per heavy atom. The molecule has 0 aromatic rings. The molecule has 6 heteroatoms. The summed E-state index contributed by atoms with van der Waals surface area (Å²) in [5, 5.41) is 0.436. The molecule has 1 heterocycles. The van der Waals surface area contributed by atoms with Crippen LogP contribution in [0.1, 0.15) is 20.8 Å². The van der Waals surface area contributed by atoms with Gasteiger partial charge in [0.2, 0.25) is 0 Å². The van der Waals surface area contributed by atoms with E-state index >= 15 is 0 Å². The van der Waals surface area contributed by atoms with Crippen LogP contribution in [0.2, 0.25) is 38.3 Å². The molecule has 1 aliphatic rings. The fourth-order valence-electron chi connectivity index (χ4n) is 4.12. The maximum absolute atomic E-state index is 2.83. The first-order valence-electron chi connectivity index (χ1n) is 8.08. The van der Waals surface area contributed by atoms with E-state index in [1.807, 2.05) is 0 Å². The van der Waals surface area contributed by atoms with Crippen LogP contribution in [0.3, 0.4) is 0 Å². The fraction of sp³-hybridized carbons (Fsp3) is 1.00. The zero-order chi connectivity index (χ0) is 16.1. The highest BCUT2D eigenvalue weighted by Gasteiger charge is 2.75. The monoisotopic (exact) mass is 331 g/mol. The van der Waals surface area contributed by atoms with Crippen molar-refractivity contribution < 1.29 is 0 Å². The molecule has 0 radical (unpaired) electrons. The molecule has 0 bridgehead atoms. The van der Waals surface area contributed by atoms with Crippen molar-refractivity contribution in [3.63, 3.8) is 0 Å². The molecular formula is C14H37N3Si3. The molecular weight excluding hydrogens is 294 g/mol. The lowest BCUT2D eigenvalue weighted by Crippen LogP contribution is -2.67. The predicted molar refractivity (Wildman–Crippen MR) is 99.6 cm³/mol. The minimum absolute atomic E-state index is 0.436. The van der Waals surface area contributed by atoms with Crippen LogP contribution in [-0.4, -0.2) is 71.8 Å². The number of hydrogen-bond acceptors (Lipinski definition) is 3. The van der Waals surface area contributed by atoms with Crippen LogP contribution in [0.4, 0.5) is 0 Å². The van der Waals surface area contributed by atoms with E-state index in [9.17, 15) is 0 Å². The Balaban J connectivity index is 3.07. The van der Waals surface area contributed by atoms with Gasteiger partial charge >= 0.3 is 0 Å². The first kappa shape index (κ1) is 18.6. The summed E-state index contributed by atoms with van der Waals surface area (Å²) in [6.07, 6.45) is 0. The van der Waals surface area contributed by atoms with Gasteiger partial charge in [-0.25, -0.2) is 0 Å². The lowest BCUT2D eigenvalue weighted by molar-refractivity contribution is 0.355. The molecule has 3 atom stereocenters. The lowest BCUT2D eigenvalue weighted by Gasteiger charge is -2.48. The van der Waals surface area contributed by atoms with E-state index in [1.165, 1.54) is 6.54 Å². The van der Waals surface area contributed by atoms with Crippen molar-refractivity contribution in [2.45, 2.75) is 64.2 Å². The Labute approximate surface area is 131 Å². The summed E-state index contributed by atoms with van der Waals surface area (Å²) in [7, 11) is 3.57. The van der Waals surface area contributed by atoms with E-state index in [1.54, 1.807) is 0 Å². The normalized spacial score (nSPS) is 34.6. The number of hydrogen-bond donors (Lipinski definition) is 0. The minimum Gasteiger partial charge on any atom is -0.339 e. The molecule has 3 unspecified atom stereocenters. The highest BCUT2D eigenvalue weighted by molar-refractivity contribution is 6.93. The van der Waals surface area contributed by atoms with Crippen LogP contribution in [0.15, 0.2) is 0 Å². The van der Waals surface area contributed by atoms with Crippen molar-refractivity contribution in [3.8, 4) is 0 Å². The summed E-state index contributed by atoms with van der Waals surface area (Å²) in [6, 6.07) is 0. The van der Waals surface area contributed by atoms with Gasteiger partial charge in [-0.05, 0) is 53.2 Å². The van der Waals surface area contributed by atoms with Gasteiger partial charge in [-0.15, -0.1) is 0 Å². The highest BCUT2D eigenvalue weighted by atomic mass is 28.4. The van der Waals surface area contributed by atoms with E-state index in [0.29, 0.717) is 5.16 Å². The van der Waals surface area contributed by atoms with Crippen LogP contribution in [0, 0.1) is 0 Å². The quantitative estimate of drug-likeness (QED) is 0.693. The minimum atomic E-state index is -1.50. The van der Waals surface area contributed by atoms with E-state index < -0.39 is 25.6 Å². The van der Waals surface area contributed by atoms with Crippen LogP contribution >= 0.6 is 0 Å². The van der Waals surface area contributed by atoms with Gasteiger partial charge in [0.25, 0.3) is 0 Å². The fourth-order valence-corrected chi connectivity index (χ4v) is 18.7. The molecule has 1 rings (SSSR count). The van der Waals surface area contributed by atoms with Gasteiger partial charge in [0, 0.05) is 5.16 Å². The molecule has 0 spiro atoms. The second-order valence-electron chi connectivity index (χ2n) is 7.79. The van der Waals surface area contributed by atoms with Crippen molar-refractivity contribution in [2.24, 2.45) is 0 Å². The predicted octanol–water partition coefficient (Wildman–Crippen LogP) is 2.76. The Morgan fingerprint density at radius 3 is 2.00 bits per heavy atom. The standard InChI is InChI=1S/C14H37N3Si3/c1-12-15(4)20(11)13(2)14(20,3)16(5)19(9,10)17(6)18(7)8/h13,18H,12H2,1-11H3. The van der Waals surface area contributed by atoms with Crippen LogP contribution in [0.25, 0.3) is 0 Å².